The van der Waals surface area contributed by atoms with Crippen LogP contribution < -0.4 is 5.32 Å². The fraction of sp³-hybridized carbons (Fsp3) is 0.923. The van der Waals surface area contributed by atoms with Gasteiger partial charge in [0.25, 0.3) is 0 Å². The zero-order valence-electron chi connectivity index (χ0n) is 10.8. The van der Waals surface area contributed by atoms with Gasteiger partial charge >= 0.3 is 0 Å². The summed E-state index contributed by atoms with van der Waals surface area (Å²) >= 11 is 0. The van der Waals surface area contributed by atoms with Crippen LogP contribution in [0.4, 0.5) is 0 Å². The normalized spacial score (nSPS) is 24.1. The number of nitrogens with one attached hydrogen (secondary N) is 1. The van der Waals surface area contributed by atoms with Crippen LogP contribution in [0.5, 0.6) is 0 Å². The number of hydrogen-bond donors (Lipinski definition) is 1. The van der Waals surface area contributed by atoms with Gasteiger partial charge in [-0.3, -0.25) is 4.79 Å². The molecule has 94 valence electrons. The average Bonchev–Trinajstić information content (AvgIpc) is 2.69. The lowest BCUT2D eigenvalue weighted by molar-refractivity contribution is -0.123. The first-order chi connectivity index (χ1) is 7.63. The summed E-state index contributed by atoms with van der Waals surface area (Å²) in [5, 5.41) is 3.05. The molecule has 3 atom stereocenters. The molecule has 0 aromatic carbocycles. The Morgan fingerprint density at radius 1 is 1.50 bits per heavy atom. The van der Waals surface area contributed by atoms with Crippen LogP contribution >= 0.6 is 0 Å². The van der Waals surface area contributed by atoms with Gasteiger partial charge in [0.05, 0.1) is 12.1 Å². The van der Waals surface area contributed by atoms with Crippen molar-refractivity contribution in [3.05, 3.63) is 0 Å². The van der Waals surface area contributed by atoms with Crippen LogP contribution in [0.15, 0.2) is 0 Å². The van der Waals surface area contributed by atoms with Crippen molar-refractivity contribution < 1.29 is 9.53 Å². The van der Waals surface area contributed by atoms with Crippen LogP contribution in [0.25, 0.3) is 0 Å². The van der Waals surface area contributed by atoms with Crippen molar-refractivity contribution in [1.82, 2.24) is 5.32 Å². The van der Waals surface area contributed by atoms with E-state index in [-0.39, 0.29) is 18.1 Å². The summed E-state index contributed by atoms with van der Waals surface area (Å²) in [6.07, 6.45) is 5.34. The Hall–Kier alpha value is -0.570. The Labute approximate surface area is 98.9 Å². The van der Waals surface area contributed by atoms with Crippen LogP contribution in [-0.2, 0) is 9.53 Å². The van der Waals surface area contributed by atoms with Crippen molar-refractivity contribution in [2.75, 3.05) is 6.61 Å². The molecule has 0 radical (unpaired) electrons. The maximum absolute atomic E-state index is 11.7. The topological polar surface area (TPSA) is 38.3 Å². The standard InChI is InChI=1S/C13H25NO2/c1-4-6-10(2)9-13(15)14-11(3)12-7-5-8-16-12/h10-12H,4-9H2,1-3H3,(H,14,15)/t10-,11+,12+/m0/s1. The molecule has 16 heavy (non-hydrogen) atoms. The molecule has 1 fully saturated rings. The molecule has 0 unspecified atom stereocenters. The zero-order chi connectivity index (χ0) is 12.0. The van der Waals surface area contributed by atoms with Crippen molar-refractivity contribution in [2.24, 2.45) is 5.92 Å². The summed E-state index contributed by atoms with van der Waals surface area (Å²) < 4.78 is 5.55. The molecular formula is C13H25NO2. The van der Waals surface area contributed by atoms with Crippen molar-refractivity contribution in [2.45, 2.75) is 65.0 Å². The maximum Gasteiger partial charge on any atom is 0.220 e. The highest BCUT2D eigenvalue weighted by molar-refractivity contribution is 5.76. The highest BCUT2D eigenvalue weighted by atomic mass is 16.5. The van der Waals surface area contributed by atoms with E-state index < -0.39 is 0 Å². The highest BCUT2D eigenvalue weighted by Gasteiger charge is 2.23. The molecule has 0 aliphatic carbocycles. The number of ether oxygens (including phenoxy) is 1. The Morgan fingerprint density at radius 3 is 2.81 bits per heavy atom. The molecule has 0 aromatic rings. The molecular weight excluding hydrogens is 202 g/mol. The summed E-state index contributed by atoms with van der Waals surface area (Å²) in [7, 11) is 0. The third-order valence-corrected chi connectivity index (χ3v) is 3.23. The quantitative estimate of drug-likeness (QED) is 0.757. The maximum atomic E-state index is 11.7. The van der Waals surface area contributed by atoms with Crippen molar-refractivity contribution in [3.8, 4) is 0 Å². The van der Waals surface area contributed by atoms with Crippen molar-refractivity contribution in [3.63, 3.8) is 0 Å². The number of hydrogen-bond acceptors (Lipinski definition) is 2. The average molecular weight is 227 g/mol. The lowest BCUT2D eigenvalue weighted by Gasteiger charge is -2.21. The summed E-state index contributed by atoms with van der Waals surface area (Å²) in [4.78, 5) is 11.7. The van der Waals surface area contributed by atoms with Gasteiger partial charge in [-0.1, -0.05) is 26.7 Å². The molecule has 3 nitrogen and oxygen atoms in total. The Balaban J connectivity index is 2.22. The Morgan fingerprint density at radius 2 is 2.25 bits per heavy atom. The van der Waals surface area contributed by atoms with E-state index in [1.165, 1.54) is 0 Å². The molecule has 3 heteroatoms. The fourth-order valence-electron chi connectivity index (χ4n) is 2.31. The summed E-state index contributed by atoms with van der Waals surface area (Å²) in [6.45, 7) is 7.18. The Kier molecular flexibility index (Phi) is 5.81. The lowest BCUT2D eigenvalue weighted by atomic mass is 10.0. The molecule has 1 saturated heterocycles. The largest absolute Gasteiger partial charge is 0.376 e. The molecule has 0 saturated carbocycles. The molecule has 1 rings (SSSR count). The second-order valence-electron chi connectivity index (χ2n) is 5.01. The van der Waals surface area contributed by atoms with E-state index in [9.17, 15) is 4.79 Å². The monoisotopic (exact) mass is 227 g/mol. The summed E-state index contributed by atoms with van der Waals surface area (Å²) in [6, 6.07) is 0.156. The van der Waals surface area contributed by atoms with Crippen LogP contribution in [0, 0.1) is 5.92 Å². The second kappa shape index (κ2) is 6.89. The molecule has 0 bridgehead atoms. The second-order valence-corrected chi connectivity index (χ2v) is 5.01. The highest BCUT2D eigenvalue weighted by Crippen LogP contribution is 2.16. The lowest BCUT2D eigenvalue weighted by Crippen LogP contribution is -2.41. The van der Waals surface area contributed by atoms with Gasteiger partial charge in [0.15, 0.2) is 0 Å². The molecule has 0 spiro atoms. The van der Waals surface area contributed by atoms with Crippen molar-refractivity contribution >= 4 is 5.91 Å². The minimum atomic E-state index is 0.156. The minimum absolute atomic E-state index is 0.156. The van der Waals surface area contributed by atoms with Crippen LogP contribution in [0.1, 0.15) is 52.9 Å². The molecule has 1 N–H and O–H groups in total. The van der Waals surface area contributed by atoms with Crippen LogP contribution in [0.3, 0.4) is 0 Å². The zero-order valence-corrected chi connectivity index (χ0v) is 10.8. The van der Waals surface area contributed by atoms with Gasteiger partial charge in [0, 0.05) is 13.0 Å². The molecule has 1 aliphatic heterocycles. The number of rotatable bonds is 6. The fourth-order valence-corrected chi connectivity index (χ4v) is 2.31. The van der Waals surface area contributed by atoms with E-state index in [0.29, 0.717) is 12.3 Å². The van der Waals surface area contributed by atoms with Gasteiger partial charge in [-0.2, -0.15) is 0 Å². The third kappa shape index (κ3) is 4.52. The van der Waals surface area contributed by atoms with E-state index in [2.05, 4.69) is 19.2 Å². The van der Waals surface area contributed by atoms with Gasteiger partial charge in [0.2, 0.25) is 5.91 Å². The predicted molar refractivity (Wildman–Crippen MR) is 65.3 cm³/mol. The SMILES string of the molecule is CCC[C@H](C)CC(=O)N[C@H](C)[C@H]1CCCO1. The van der Waals surface area contributed by atoms with E-state index >= 15 is 0 Å². The van der Waals surface area contributed by atoms with E-state index in [0.717, 1.165) is 32.3 Å². The minimum Gasteiger partial charge on any atom is -0.376 e. The van der Waals surface area contributed by atoms with Gasteiger partial charge in [-0.15, -0.1) is 0 Å². The summed E-state index contributed by atoms with van der Waals surface area (Å²) in [5.41, 5.74) is 0. The third-order valence-electron chi connectivity index (χ3n) is 3.23. The van der Waals surface area contributed by atoms with E-state index in [4.69, 9.17) is 4.74 Å². The first-order valence-electron chi connectivity index (χ1n) is 6.54. The Bertz CT molecular complexity index is 212. The summed E-state index contributed by atoms with van der Waals surface area (Å²) in [5.74, 6) is 0.658. The number of carbonyl (C=O) groups is 1. The first-order valence-corrected chi connectivity index (χ1v) is 6.54. The molecule has 1 amide bonds. The van der Waals surface area contributed by atoms with Gasteiger partial charge in [-0.25, -0.2) is 0 Å². The van der Waals surface area contributed by atoms with E-state index in [1.54, 1.807) is 0 Å². The van der Waals surface area contributed by atoms with Gasteiger partial charge in [0.1, 0.15) is 0 Å². The van der Waals surface area contributed by atoms with E-state index in [1.807, 2.05) is 6.92 Å². The molecule has 0 aromatic heterocycles. The molecule has 1 aliphatic rings. The van der Waals surface area contributed by atoms with Crippen molar-refractivity contribution in [1.29, 1.82) is 0 Å². The van der Waals surface area contributed by atoms with Crippen LogP contribution in [-0.4, -0.2) is 24.7 Å². The molecule has 1 heterocycles. The van der Waals surface area contributed by atoms with Crippen LogP contribution in [0.2, 0.25) is 0 Å². The van der Waals surface area contributed by atoms with Gasteiger partial charge < -0.3 is 10.1 Å². The smallest absolute Gasteiger partial charge is 0.220 e. The number of amides is 1. The van der Waals surface area contributed by atoms with Gasteiger partial charge in [-0.05, 0) is 25.7 Å². The number of carbonyl (C=O) groups excluding carboxylic acids is 1. The first kappa shape index (κ1) is 13.5. The predicted octanol–water partition coefficient (Wildman–Crippen LogP) is 2.50.